The number of benzene rings is 2. The fraction of sp³-hybridized carbons (Fsp3) is 0.133. The number of carboxylic acid groups (broad SMARTS) is 1. The van der Waals surface area contributed by atoms with Crippen LogP contribution in [0.15, 0.2) is 42.5 Å². The number of anilines is 1. The van der Waals surface area contributed by atoms with E-state index >= 15 is 0 Å². The third-order valence-electron chi connectivity index (χ3n) is 3.04. The number of nitrogens with one attached hydrogen (secondary N) is 1. The van der Waals surface area contributed by atoms with Gasteiger partial charge in [0.15, 0.2) is 0 Å². The number of nitro benzene ring substituents is 1. The lowest BCUT2D eigenvalue weighted by atomic mass is 10.1. The molecule has 0 radical (unpaired) electrons. The molecule has 0 aliphatic heterocycles. The Morgan fingerprint density at radius 3 is 2.48 bits per heavy atom. The standard InChI is InChI=1S/C15H14N2O4/c1-10-2-4-11(5-3-10)9-16-12-6-7-13(15(18)19)14(8-12)17(20)21/h2-8,16H,9H2,1H3,(H,18,19). The maximum atomic E-state index is 10.9. The summed E-state index contributed by atoms with van der Waals surface area (Å²) in [6.45, 7) is 2.50. The van der Waals surface area contributed by atoms with Crippen LogP contribution in [-0.2, 0) is 6.54 Å². The number of rotatable bonds is 5. The van der Waals surface area contributed by atoms with Crippen molar-refractivity contribution in [1.82, 2.24) is 0 Å². The highest BCUT2D eigenvalue weighted by molar-refractivity contribution is 5.93. The van der Waals surface area contributed by atoms with E-state index in [1.54, 1.807) is 0 Å². The lowest BCUT2D eigenvalue weighted by molar-refractivity contribution is -0.385. The van der Waals surface area contributed by atoms with Crippen molar-refractivity contribution in [2.75, 3.05) is 5.32 Å². The van der Waals surface area contributed by atoms with Crippen molar-refractivity contribution in [3.05, 3.63) is 69.3 Å². The zero-order chi connectivity index (χ0) is 15.4. The van der Waals surface area contributed by atoms with E-state index in [2.05, 4.69) is 5.32 Å². The fourth-order valence-corrected chi connectivity index (χ4v) is 1.88. The second-order valence-corrected chi connectivity index (χ2v) is 4.63. The van der Waals surface area contributed by atoms with Gasteiger partial charge in [-0.3, -0.25) is 10.1 Å². The monoisotopic (exact) mass is 286 g/mol. The second kappa shape index (κ2) is 6.04. The summed E-state index contributed by atoms with van der Waals surface area (Å²) in [7, 11) is 0. The normalized spacial score (nSPS) is 10.1. The number of aromatic carboxylic acids is 1. The van der Waals surface area contributed by atoms with Gasteiger partial charge in [-0.25, -0.2) is 4.79 Å². The molecule has 0 aliphatic rings. The number of carbonyl (C=O) groups is 1. The number of hydrogen-bond donors (Lipinski definition) is 2. The summed E-state index contributed by atoms with van der Waals surface area (Å²) in [6.07, 6.45) is 0. The fourth-order valence-electron chi connectivity index (χ4n) is 1.88. The van der Waals surface area contributed by atoms with E-state index in [9.17, 15) is 14.9 Å². The molecule has 0 saturated heterocycles. The van der Waals surface area contributed by atoms with Gasteiger partial charge in [0.1, 0.15) is 5.56 Å². The molecule has 0 unspecified atom stereocenters. The van der Waals surface area contributed by atoms with Crippen LogP contribution in [0.2, 0.25) is 0 Å². The summed E-state index contributed by atoms with van der Waals surface area (Å²) >= 11 is 0. The van der Waals surface area contributed by atoms with E-state index < -0.39 is 16.6 Å². The van der Waals surface area contributed by atoms with E-state index in [1.807, 2.05) is 31.2 Å². The highest BCUT2D eigenvalue weighted by Gasteiger charge is 2.19. The smallest absolute Gasteiger partial charge is 0.342 e. The quantitative estimate of drug-likeness (QED) is 0.650. The molecule has 0 aliphatic carbocycles. The molecular weight excluding hydrogens is 272 g/mol. The van der Waals surface area contributed by atoms with E-state index in [0.717, 1.165) is 11.1 Å². The minimum Gasteiger partial charge on any atom is -0.477 e. The van der Waals surface area contributed by atoms with Gasteiger partial charge in [-0.2, -0.15) is 0 Å². The number of nitro groups is 1. The molecule has 0 spiro atoms. The van der Waals surface area contributed by atoms with Crippen LogP contribution in [0.4, 0.5) is 11.4 Å². The van der Waals surface area contributed by atoms with Crippen molar-refractivity contribution < 1.29 is 14.8 Å². The van der Waals surface area contributed by atoms with Gasteiger partial charge in [0.05, 0.1) is 4.92 Å². The van der Waals surface area contributed by atoms with Crippen molar-refractivity contribution >= 4 is 17.3 Å². The van der Waals surface area contributed by atoms with Gasteiger partial charge in [-0.05, 0) is 24.6 Å². The maximum absolute atomic E-state index is 10.9. The van der Waals surface area contributed by atoms with Gasteiger partial charge in [0.25, 0.3) is 5.69 Å². The predicted molar refractivity (Wildman–Crippen MR) is 78.6 cm³/mol. The lowest BCUT2D eigenvalue weighted by Crippen LogP contribution is -2.05. The Balaban J connectivity index is 2.17. The summed E-state index contributed by atoms with van der Waals surface area (Å²) in [5, 5.41) is 22.9. The van der Waals surface area contributed by atoms with Gasteiger partial charge in [0.2, 0.25) is 0 Å². The molecule has 6 heteroatoms. The number of hydrogen-bond acceptors (Lipinski definition) is 4. The Labute approximate surface area is 121 Å². The largest absolute Gasteiger partial charge is 0.477 e. The minimum atomic E-state index is -1.31. The Morgan fingerprint density at radius 2 is 1.90 bits per heavy atom. The minimum absolute atomic E-state index is 0.319. The summed E-state index contributed by atoms with van der Waals surface area (Å²) < 4.78 is 0. The Hall–Kier alpha value is -2.89. The highest BCUT2D eigenvalue weighted by atomic mass is 16.6. The van der Waals surface area contributed by atoms with Gasteiger partial charge in [-0.15, -0.1) is 0 Å². The van der Waals surface area contributed by atoms with Crippen molar-refractivity contribution in [3.63, 3.8) is 0 Å². The lowest BCUT2D eigenvalue weighted by Gasteiger charge is -2.07. The zero-order valence-corrected chi connectivity index (χ0v) is 11.4. The van der Waals surface area contributed by atoms with Crippen LogP contribution in [0.3, 0.4) is 0 Å². The third-order valence-corrected chi connectivity index (χ3v) is 3.04. The molecule has 2 aromatic carbocycles. The van der Waals surface area contributed by atoms with Gasteiger partial charge < -0.3 is 10.4 Å². The van der Waals surface area contributed by atoms with Crippen LogP contribution >= 0.6 is 0 Å². The predicted octanol–water partition coefficient (Wildman–Crippen LogP) is 3.21. The first kappa shape index (κ1) is 14.5. The molecule has 2 aromatic rings. The molecule has 0 saturated carbocycles. The molecule has 6 nitrogen and oxygen atoms in total. The Kier molecular flexibility index (Phi) is 4.18. The van der Waals surface area contributed by atoms with Gasteiger partial charge >= 0.3 is 5.97 Å². The van der Waals surface area contributed by atoms with E-state index in [0.29, 0.717) is 12.2 Å². The van der Waals surface area contributed by atoms with Crippen molar-refractivity contribution in [2.24, 2.45) is 0 Å². The summed E-state index contributed by atoms with van der Waals surface area (Å²) in [5.74, 6) is -1.31. The number of carboxylic acids is 1. The van der Waals surface area contributed by atoms with Crippen LogP contribution in [0.1, 0.15) is 21.5 Å². The van der Waals surface area contributed by atoms with E-state index in [4.69, 9.17) is 5.11 Å². The van der Waals surface area contributed by atoms with Gasteiger partial charge in [-0.1, -0.05) is 29.8 Å². The summed E-state index contributed by atoms with van der Waals surface area (Å²) in [6, 6.07) is 11.9. The topological polar surface area (TPSA) is 92.5 Å². The zero-order valence-electron chi connectivity index (χ0n) is 11.4. The maximum Gasteiger partial charge on any atom is 0.342 e. The van der Waals surface area contributed by atoms with Crippen LogP contribution in [0, 0.1) is 17.0 Å². The summed E-state index contributed by atoms with van der Waals surface area (Å²) in [5.41, 5.74) is 1.95. The van der Waals surface area contributed by atoms with E-state index in [-0.39, 0.29) is 5.56 Å². The molecule has 0 aromatic heterocycles. The average molecular weight is 286 g/mol. The van der Waals surface area contributed by atoms with Crippen LogP contribution in [0.5, 0.6) is 0 Å². The molecule has 0 fully saturated rings. The van der Waals surface area contributed by atoms with Gasteiger partial charge in [0, 0.05) is 18.3 Å². The van der Waals surface area contributed by atoms with Crippen LogP contribution in [-0.4, -0.2) is 16.0 Å². The molecule has 2 rings (SSSR count). The average Bonchev–Trinajstić information content (AvgIpc) is 2.46. The first-order valence-electron chi connectivity index (χ1n) is 6.28. The first-order valence-corrected chi connectivity index (χ1v) is 6.28. The molecule has 0 bridgehead atoms. The molecule has 0 heterocycles. The van der Waals surface area contributed by atoms with Crippen molar-refractivity contribution in [1.29, 1.82) is 0 Å². The molecule has 0 amide bonds. The molecule has 0 atom stereocenters. The molecule has 21 heavy (non-hydrogen) atoms. The molecule has 2 N–H and O–H groups in total. The SMILES string of the molecule is Cc1ccc(CNc2ccc(C(=O)O)c([N+](=O)[O-])c2)cc1. The molecular formula is C15H14N2O4. The van der Waals surface area contributed by atoms with Crippen molar-refractivity contribution in [2.45, 2.75) is 13.5 Å². The summed E-state index contributed by atoms with van der Waals surface area (Å²) in [4.78, 5) is 21.1. The highest BCUT2D eigenvalue weighted by Crippen LogP contribution is 2.23. The second-order valence-electron chi connectivity index (χ2n) is 4.63. The molecule has 108 valence electrons. The van der Waals surface area contributed by atoms with Crippen LogP contribution in [0.25, 0.3) is 0 Å². The first-order chi connectivity index (χ1) is 9.97. The Bertz CT molecular complexity index is 681. The Morgan fingerprint density at radius 1 is 1.24 bits per heavy atom. The van der Waals surface area contributed by atoms with E-state index in [1.165, 1.54) is 18.2 Å². The van der Waals surface area contributed by atoms with Crippen molar-refractivity contribution in [3.8, 4) is 0 Å². The number of nitrogens with zero attached hydrogens (tertiary/aromatic N) is 1. The van der Waals surface area contributed by atoms with Crippen LogP contribution < -0.4 is 5.32 Å². The third kappa shape index (κ3) is 3.56. The number of aryl methyl sites for hydroxylation is 1.